The van der Waals surface area contributed by atoms with E-state index in [2.05, 4.69) is 10.3 Å². The van der Waals surface area contributed by atoms with E-state index >= 15 is 0 Å². The highest BCUT2D eigenvalue weighted by molar-refractivity contribution is 7.09. The predicted molar refractivity (Wildman–Crippen MR) is 77.3 cm³/mol. The molecule has 0 bridgehead atoms. The first kappa shape index (κ1) is 17.7. The van der Waals surface area contributed by atoms with Gasteiger partial charge in [-0.25, -0.2) is 9.78 Å². The molecule has 9 heteroatoms. The van der Waals surface area contributed by atoms with E-state index in [4.69, 9.17) is 5.11 Å². The van der Waals surface area contributed by atoms with Crippen molar-refractivity contribution in [3.05, 3.63) is 16.1 Å². The molecule has 2 atom stereocenters. The average Bonchev–Trinajstić information content (AvgIpc) is 2.95. The number of halogens is 3. The molecule has 0 spiro atoms. The third-order valence-corrected chi connectivity index (χ3v) is 4.84. The second-order valence-corrected chi connectivity index (χ2v) is 6.45. The Morgan fingerprint density at radius 1 is 1.35 bits per heavy atom. The van der Waals surface area contributed by atoms with Crippen LogP contribution in [0.3, 0.4) is 0 Å². The van der Waals surface area contributed by atoms with Crippen LogP contribution in [0.2, 0.25) is 0 Å². The zero-order chi connectivity index (χ0) is 17.0. The first-order valence-electron chi connectivity index (χ1n) is 7.31. The van der Waals surface area contributed by atoms with Crippen molar-refractivity contribution in [2.45, 2.75) is 38.3 Å². The summed E-state index contributed by atoms with van der Waals surface area (Å²) in [6, 6.07) is 0. The monoisotopic (exact) mass is 350 g/mol. The van der Waals surface area contributed by atoms with Gasteiger partial charge in [0, 0.05) is 24.3 Å². The number of carbonyl (C=O) groups is 2. The molecule has 1 fully saturated rings. The second-order valence-electron chi connectivity index (χ2n) is 5.51. The van der Waals surface area contributed by atoms with E-state index in [1.165, 1.54) is 5.38 Å². The van der Waals surface area contributed by atoms with Crippen molar-refractivity contribution < 1.29 is 27.9 Å². The molecule has 128 valence electrons. The lowest BCUT2D eigenvalue weighted by Gasteiger charge is -2.31. The SMILES string of the molecule is O=C(O)c1csc(CCNC(=O)C2CCCCC2C(F)(F)F)n1. The molecule has 23 heavy (non-hydrogen) atoms. The Bertz CT molecular complexity index is 574. The molecule has 1 aliphatic rings. The maximum atomic E-state index is 13.0. The molecule has 5 nitrogen and oxygen atoms in total. The number of hydrogen-bond acceptors (Lipinski definition) is 4. The quantitative estimate of drug-likeness (QED) is 0.856. The van der Waals surface area contributed by atoms with Gasteiger partial charge >= 0.3 is 12.1 Å². The van der Waals surface area contributed by atoms with E-state index in [1.54, 1.807) is 0 Å². The van der Waals surface area contributed by atoms with Crippen LogP contribution in [0.25, 0.3) is 0 Å². The molecule has 1 aromatic rings. The first-order valence-corrected chi connectivity index (χ1v) is 8.19. The lowest BCUT2D eigenvalue weighted by atomic mass is 9.78. The van der Waals surface area contributed by atoms with Gasteiger partial charge in [-0.2, -0.15) is 13.2 Å². The van der Waals surface area contributed by atoms with Crippen LogP contribution in [-0.2, 0) is 11.2 Å². The molecular formula is C14H17F3N2O3S. The molecule has 0 saturated heterocycles. The highest BCUT2D eigenvalue weighted by atomic mass is 32.1. The number of carboxylic acids is 1. The van der Waals surface area contributed by atoms with Gasteiger partial charge in [-0.05, 0) is 12.8 Å². The largest absolute Gasteiger partial charge is 0.476 e. The third-order valence-electron chi connectivity index (χ3n) is 3.93. The lowest BCUT2D eigenvalue weighted by molar-refractivity contribution is -0.198. The molecule has 0 aliphatic heterocycles. The number of carboxylic acid groups (broad SMARTS) is 1. The molecule has 1 aromatic heterocycles. The number of hydrogen-bond donors (Lipinski definition) is 2. The number of amides is 1. The maximum Gasteiger partial charge on any atom is 0.392 e. The molecule has 1 saturated carbocycles. The Labute approximate surface area is 134 Å². The Morgan fingerprint density at radius 2 is 2.04 bits per heavy atom. The lowest BCUT2D eigenvalue weighted by Crippen LogP contribution is -2.43. The summed E-state index contributed by atoms with van der Waals surface area (Å²) < 4.78 is 38.9. The van der Waals surface area contributed by atoms with Crippen LogP contribution >= 0.6 is 11.3 Å². The normalized spacial score (nSPS) is 21.9. The van der Waals surface area contributed by atoms with E-state index in [0.29, 0.717) is 24.3 Å². The Hall–Kier alpha value is -1.64. The highest BCUT2D eigenvalue weighted by Crippen LogP contribution is 2.41. The maximum absolute atomic E-state index is 13.0. The van der Waals surface area contributed by atoms with E-state index in [1.807, 2.05) is 0 Å². The Kier molecular flexibility index (Phi) is 5.61. The van der Waals surface area contributed by atoms with E-state index in [0.717, 1.165) is 11.3 Å². The summed E-state index contributed by atoms with van der Waals surface area (Å²) in [7, 11) is 0. The fourth-order valence-electron chi connectivity index (χ4n) is 2.78. The summed E-state index contributed by atoms with van der Waals surface area (Å²) in [5, 5.41) is 13.2. The minimum atomic E-state index is -4.35. The van der Waals surface area contributed by atoms with Crippen LogP contribution in [0.15, 0.2) is 5.38 Å². The topological polar surface area (TPSA) is 79.3 Å². The number of aromatic carboxylic acids is 1. The molecule has 0 aromatic carbocycles. The number of thiazole rings is 1. The van der Waals surface area contributed by atoms with Gasteiger partial charge < -0.3 is 10.4 Å². The molecular weight excluding hydrogens is 333 g/mol. The van der Waals surface area contributed by atoms with Crippen LogP contribution < -0.4 is 5.32 Å². The second kappa shape index (κ2) is 7.29. The zero-order valence-electron chi connectivity index (χ0n) is 12.2. The summed E-state index contributed by atoms with van der Waals surface area (Å²) in [4.78, 5) is 26.6. The minimum absolute atomic E-state index is 0.00393. The standard InChI is InChI=1S/C14H17F3N2O3S/c15-14(16,17)9-4-2-1-3-8(9)12(20)18-6-5-11-19-10(7-23-11)13(21)22/h7-9H,1-6H2,(H,18,20)(H,21,22). The number of aromatic nitrogens is 1. The van der Waals surface area contributed by atoms with Crippen molar-refractivity contribution in [1.82, 2.24) is 10.3 Å². The smallest absolute Gasteiger partial charge is 0.392 e. The molecule has 2 N–H and O–H groups in total. The molecule has 2 unspecified atom stereocenters. The highest BCUT2D eigenvalue weighted by Gasteiger charge is 2.47. The molecule has 1 aliphatic carbocycles. The van der Waals surface area contributed by atoms with Gasteiger partial charge in [0.25, 0.3) is 0 Å². The average molecular weight is 350 g/mol. The fraction of sp³-hybridized carbons (Fsp3) is 0.643. The summed E-state index contributed by atoms with van der Waals surface area (Å²) in [5.74, 6) is -4.32. The van der Waals surface area contributed by atoms with Gasteiger partial charge in [-0.15, -0.1) is 11.3 Å². The molecule has 0 radical (unpaired) electrons. The number of nitrogens with zero attached hydrogens (tertiary/aromatic N) is 1. The van der Waals surface area contributed by atoms with E-state index in [-0.39, 0.29) is 25.1 Å². The number of rotatable bonds is 5. The molecule has 1 amide bonds. The summed E-state index contributed by atoms with van der Waals surface area (Å²) in [5.41, 5.74) is -0.0688. The van der Waals surface area contributed by atoms with Crippen LogP contribution in [-0.4, -0.2) is 34.7 Å². The number of nitrogens with one attached hydrogen (secondary N) is 1. The van der Waals surface area contributed by atoms with Crippen molar-refractivity contribution in [2.24, 2.45) is 11.8 Å². The Morgan fingerprint density at radius 3 is 2.65 bits per heavy atom. The molecule has 1 heterocycles. The van der Waals surface area contributed by atoms with Gasteiger partial charge in [0.1, 0.15) is 0 Å². The number of alkyl halides is 3. The summed E-state index contributed by atoms with van der Waals surface area (Å²) >= 11 is 1.15. The Balaban J connectivity index is 1.86. The van der Waals surface area contributed by atoms with Gasteiger partial charge in [0.05, 0.1) is 10.9 Å². The first-order chi connectivity index (χ1) is 10.8. The van der Waals surface area contributed by atoms with Gasteiger partial charge in [-0.1, -0.05) is 12.8 Å². The van der Waals surface area contributed by atoms with Crippen molar-refractivity contribution in [3.8, 4) is 0 Å². The number of carbonyl (C=O) groups excluding carboxylic acids is 1. The van der Waals surface area contributed by atoms with Gasteiger partial charge in [-0.3, -0.25) is 4.79 Å². The van der Waals surface area contributed by atoms with Crippen LogP contribution in [0.4, 0.5) is 13.2 Å². The van der Waals surface area contributed by atoms with Crippen molar-refractivity contribution >= 4 is 23.2 Å². The van der Waals surface area contributed by atoms with Gasteiger partial charge in [0.15, 0.2) is 5.69 Å². The summed E-state index contributed by atoms with van der Waals surface area (Å²) in [6.07, 6.45) is -2.70. The van der Waals surface area contributed by atoms with Crippen LogP contribution in [0, 0.1) is 11.8 Å². The third kappa shape index (κ3) is 4.66. The van der Waals surface area contributed by atoms with Crippen molar-refractivity contribution in [3.63, 3.8) is 0 Å². The molecule has 2 rings (SSSR count). The van der Waals surface area contributed by atoms with Crippen molar-refractivity contribution in [2.75, 3.05) is 6.54 Å². The van der Waals surface area contributed by atoms with Crippen molar-refractivity contribution in [1.29, 1.82) is 0 Å². The van der Waals surface area contributed by atoms with Crippen LogP contribution in [0.1, 0.15) is 41.2 Å². The minimum Gasteiger partial charge on any atom is -0.476 e. The summed E-state index contributed by atoms with van der Waals surface area (Å²) in [6.45, 7) is 0.145. The fourth-order valence-corrected chi connectivity index (χ4v) is 3.56. The predicted octanol–water partition coefficient (Wildman–Crippen LogP) is 2.87. The zero-order valence-corrected chi connectivity index (χ0v) is 13.0. The van der Waals surface area contributed by atoms with Gasteiger partial charge in [0.2, 0.25) is 5.91 Å². The van der Waals surface area contributed by atoms with E-state index < -0.39 is 29.9 Å². The van der Waals surface area contributed by atoms with E-state index in [9.17, 15) is 22.8 Å². The van der Waals surface area contributed by atoms with Crippen LogP contribution in [0.5, 0.6) is 0 Å².